The van der Waals surface area contributed by atoms with Crippen molar-refractivity contribution >= 4 is 11.7 Å². The van der Waals surface area contributed by atoms with Crippen LogP contribution in [0.3, 0.4) is 0 Å². The number of hydrogen-bond acceptors (Lipinski definition) is 4. The van der Waals surface area contributed by atoms with Gasteiger partial charge in [-0.15, -0.1) is 0 Å². The lowest BCUT2D eigenvalue weighted by Gasteiger charge is -2.32. The van der Waals surface area contributed by atoms with Crippen LogP contribution < -0.4 is 5.32 Å². The highest BCUT2D eigenvalue weighted by atomic mass is 16.2. The van der Waals surface area contributed by atoms with Crippen LogP contribution in [-0.4, -0.2) is 66.8 Å². The number of carbonyl (C=O) groups excluding carboxylic acids is 2. The third-order valence-corrected chi connectivity index (χ3v) is 4.73. The van der Waals surface area contributed by atoms with Gasteiger partial charge in [0.15, 0.2) is 0 Å². The van der Waals surface area contributed by atoms with Crippen molar-refractivity contribution in [2.24, 2.45) is 5.92 Å². The standard InChI is InChI=1S/C16H29N3O2/c1-12(2)15(20)16(21)19-8-4-5-14(19)11-17-13-6-9-18(3)10-7-13/h12-14,17H,4-11H2,1-3H3. The molecule has 0 aromatic heterocycles. The van der Waals surface area contributed by atoms with Gasteiger partial charge in [-0.25, -0.2) is 0 Å². The van der Waals surface area contributed by atoms with Crippen molar-refractivity contribution in [3.63, 3.8) is 0 Å². The maximum Gasteiger partial charge on any atom is 0.290 e. The third kappa shape index (κ3) is 4.27. The third-order valence-electron chi connectivity index (χ3n) is 4.73. The maximum absolute atomic E-state index is 12.2. The van der Waals surface area contributed by atoms with Crippen molar-refractivity contribution in [3.05, 3.63) is 0 Å². The molecule has 0 aromatic carbocycles. The van der Waals surface area contributed by atoms with E-state index in [0.29, 0.717) is 6.04 Å². The summed E-state index contributed by atoms with van der Waals surface area (Å²) in [5.41, 5.74) is 0. The SMILES string of the molecule is CC(C)C(=O)C(=O)N1CCCC1CNC1CCN(C)CC1. The summed E-state index contributed by atoms with van der Waals surface area (Å²) < 4.78 is 0. The Kier molecular flexibility index (Phi) is 5.76. The van der Waals surface area contributed by atoms with E-state index in [1.54, 1.807) is 18.7 Å². The van der Waals surface area contributed by atoms with Crippen LogP contribution in [0.5, 0.6) is 0 Å². The molecule has 1 amide bonds. The van der Waals surface area contributed by atoms with E-state index in [9.17, 15) is 9.59 Å². The van der Waals surface area contributed by atoms with Gasteiger partial charge in [0, 0.05) is 31.1 Å². The van der Waals surface area contributed by atoms with E-state index in [1.165, 1.54) is 12.8 Å². The normalized spacial score (nSPS) is 24.8. The van der Waals surface area contributed by atoms with E-state index < -0.39 is 0 Å². The van der Waals surface area contributed by atoms with Gasteiger partial charge in [0.05, 0.1) is 0 Å². The average molecular weight is 295 g/mol. The van der Waals surface area contributed by atoms with Crippen molar-refractivity contribution in [1.82, 2.24) is 15.1 Å². The molecular weight excluding hydrogens is 266 g/mol. The van der Waals surface area contributed by atoms with Crippen molar-refractivity contribution in [1.29, 1.82) is 0 Å². The van der Waals surface area contributed by atoms with Gasteiger partial charge in [0.1, 0.15) is 0 Å². The molecule has 2 rings (SSSR count). The monoisotopic (exact) mass is 295 g/mol. The second kappa shape index (κ2) is 7.36. The summed E-state index contributed by atoms with van der Waals surface area (Å²) in [6.45, 7) is 7.42. The Morgan fingerprint density at radius 1 is 1.14 bits per heavy atom. The van der Waals surface area contributed by atoms with Gasteiger partial charge in [-0.1, -0.05) is 13.8 Å². The summed E-state index contributed by atoms with van der Waals surface area (Å²) in [6.07, 6.45) is 4.36. The minimum absolute atomic E-state index is 0.194. The summed E-state index contributed by atoms with van der Waals surface area (Å²) in [5.74, 6) is -0.737. The molecule has 120 valence electrons. The first kappa shape index (κ1) is 16.4. The molecule has 0 aromatic rings. The Morgan fingerprint density at radius 2 is 1.81 bits per heavy atom. The lowest BCUT2D eigenvalue weighted by atomic mass is 10.0. The van der Waals surface area contributed by atoms with Gasteiger partial charge in [-0.3, -0.25) is 9.59 Å². The first-order valence-electron chi connectivity index (χ1n) is 8.25. The zero-order valence-corrected chi connectivity index (χ0v) is 13.6. The summed E-state index contributed by atoms with van der Waals surface area (Å²) in [4.78, 5) is 28.3. The number of ketones is 1. The number of rotatable bonds is 5. The first-order chi connectivity index (χ1) is 9.99. The Hall–Kier alpha value is -0.940. The highest BCUT2D eigenvalue weighted by molar-refractivity contribution is 6.36. The predicted molar refractivity (Wildman–Crippen MR) is 83.1 cm³/mol. The Bertz CT molecular complexity index is 376. The van der Waals surface area contributed by atoms with E-state index in [2.05, 4.69) is 17.3 Å². The molecule has 2 fully saturated rings. The zero-order chi connectivity index (χ0) is 15.4. The Balaban J connectivity index is 1.82. The van der Waals surface area contributed by atoms with Crippen LogP contribution in [0.1, 0.15) is 39.5 Å². The molecule has 1 unspecified atom stereocenters. The second-order valence-corrected chi connectivity index (χ2v) is 6.80. The van der Waals surface area contributed by atoms with Crippen LogP contribution in [-0.2, 0) is 9.59 Å². The number of likely N-dealkylation sites (tertiary alicyclic amines) is 2. The molecule has 1 atom stereocenters. The molecule has 5 nitrogen and oxygen atoms in total. The molecule has 21 heavy (non-hydrogen) atoms. The highest BCUT2D eigenvalue weighted by Gasteiger charge is 2.33. The molecule has 0 radical (unpaired) electrons. The van der Waals surface area contributed by atoms with E-state index in [0.717, 1.165) is 39.0 Å². The van der Waals surface area contributed by atoms with Crippen LogP contribution in [0.15, 0.2) is 0 Å². The van der Waals surface area contributed by atoms with Crippen molar-refractivity contribution in [2.75, 3.05) is 33.2 Å². The number of nitrogens with one attached hydrogen (secondary N) is 1. The predicted octanol–water partition coefficient (Wildman–Crippen LogP) is 0.886. The maximum atomic E-state index is 12.2. The molecule has 2 saturated heterocycles. The molecule has 2 heterocycles. The highest BCUT2D eigenvalue weighted by Crippen LogP contribution is 2.19. The number of piperidine rings is 1. The van der Waals surface area contributed by atoms with E-state index >= 15 is 0 Å². The lowest BCUT2D eigenvalue weighted by Crippen LogP contribution is -2.49. The molecule has 2 aliphatic heterocycles. The van der Waals surface area contributed by atoms with Crippen molar-refractivity contribution < 1.29 is 9.59 Å². The van der Waals surface area contributed by atoms with Crippen molar-refractivity contribution in [3.8, 4) is 0 Å². The van der Waals surface area contributed by atoms with E-state index in [1.807, 2.05) is 0 Å². The number of Topliss-reactive ketones (excluding diaryl/α,β-unsaturated/α-hetero) is 1. The Labute approximate surface area is 128 Å². The molecule has 0 bridgehead atoms. The molecule has 0 aliphatic carbocycles. The minimum Gasteiger partial charge on any atom is -0.332 e. The van der Waals surface area contributed by atoms with Crippen LogP contribution in [0.2, 0.25) is 0 Å². The largest absolute Gasteiger partial charge is 0.332 e. The Morgan fingerprint density at radius 3 is 2.43 bits per heavy atom. The van der Waals surface area contributed by atoms with Gasteiger partial charge < -0.3 is 15.1 Å². The van der Waals surface area contributed by atoms with E-state index in [-0.39, 0.29) is 23.7 Å². The second-order valence-electron chi connectivity index (χ2n) is 6.80. The number of carbonyl (C=O) groups is 2. The van der Waals surface area contributed by atoms with Gasteiger partial charge in [0.2, 0.25) is 5.78 Å². The van der Waals surface area contributed by atoms with Crippen LogP contribution in [0.4, 0.5) is 0 Å². The smallest absolute Gasteiger partial charge is 0.290 e. The molecule has 2 aliphatic rings. The van der Waals surface area contributed by atoms with Crippen LogP contribution in [0, 0.1) is 5.92 Å². The quantitative estimate of drug-likeness (QED) is 0.765. The summed E-state index contributed by atoms with van der Waals surface area (Å²) in [6, 6.07) is 0.749. The lowest BCUT2D eigenvalue weighted by molar-refractivity contribution is -0.146. The molecule has 1 N–H and O–H groups in total. The summed E-state index contributed by atoms with van der Waals surface area (Å²) >= 11 is 0. The molecule has 0 spiro atoms. The zero-order valence-electron chi connectivity index (χ0n) is 13.6. The summed E-state index contributed by atoms with van der Waals surface area (Å²) in [5, 5.41) is 3.61. The number of amides is 1. The fourth-order valence-corrected chi connectivity index (χ4v) is 3.22. The summed E-state index contributed by atoms with van der Waals surface area (Å²) in [7, 11) is 2.16. The van der Waals surface area contributed by atoms with Gasteiger partial charge in [-0.2, -0.15) is 0 Å². The first-order valence-corrected chi connectivity index (χ1v) is 8.25. The van der Waals surface area contributed by atoms with E-state index in [4.69, 9.17) is 0 Å². The van der Waals surface area contributed by atoms with Gasteiger partial charge >= 0.3 is 0 Å². The molecular formula is C16H29N3O2. The van der Waals surface area contributed by atoms with Crippen molar-refractivity contribution in [2.45, 2.75) is 51.6 Å². The molecule has 5 heteroatoms. The van der Waals surface area contributed by atoms with Gasteiger partial charge in [0.25, 0.3) is 5.91 Å². The number of nitrogens with zero attached hydrogens (tertiary/aromatic N) is 2. The fourth-order valence-electron chi connectivity index (χ4n) is 3.22. The van der Waals surface area contributed by atoms with Gasteiger partial charge in [-0.05, 0) is 45.8 Å². The fraction of sp³-hybridized carbons (Fsp3) is 0.875. The van der Waals surface area contributed by atoms with Crippen LogP contribution in [0.25, 0.3) is 0 Å². The minimum atomic E-state index is -0.280. The van der Waals surface area contributed by atoms with Crippen LogP contribution >= 0.6 is 0 Å². The molecule has 0 saturated carbocycles. The number of hydrogen-bond donors (Lipinski definition) is 1. The topological polar surface area (TPSA) is 52.7 Å². The average Bonchev–Trinajstić information content (AvgIpc) is 2.93.